The number of rotatable bonds is 4. The SMILES string of the molecule is Cc1[nH]c(C(=O)Nc2nc3c(N4CCCC4)cc(C(=O)O)cc3s2)c(Cl)c1Cl. The normalized spacial score (nSPS) is 14.0. The van der Waals surface area contributed by atoms with Gasteiger partial charge in [-0.2, -0.15) is 0 Å². The molecule has 0 spiro atoms. The molecule has 3 N–H and O–H groups in total. The van der Waals surface area contributed by atoms with Crippen LogP contribution in [0.4, 0.5) is 10.8 Å². The summed E-state index contributed by atoms with van der Waals surface area (Å²) in [6.45, 7) is 3.43. The predicted molar refractivity (Wildman–Crippen MR) is 112 cm³/mol. The van der Waals surface area contributed by atoms with Gasteiger partial charge in [0, 0.05) is 18.8 Å². The second-order valence-corrected chi connectivity index (χ2v) is 8.35. The lowest BCUT2D eigenvalue weighted by Gasteiger charge is -2.18. The number of hydrogen-bond donors (Lipinski definition) is 3. The number of hydrogen-bond acceptors (Lipinski definition) is 5. The third-order valence-electron chi connectivity index (χ3n) is 4.67. The molecule has 28 heavy (non-hydrogen) atoms. The first kappa shape index (κ1) is 19.0. The molecule has 0 unspecified atom stereocenters. The number of carbonyl (C=O) groups is 2. The third-order valence-corrected chi connectivity index (χ3v) is 6.53. The molecule has 7 nitrogen and oxygen atoms in total. The van der Waals surface area contributed by atoms with Crippen LogP contribution in [0, 0.1) is 6.92 Å². The van der Waals surface area contributed by atoms with Crippen molar-refractivity contribution in [1.29, 1.82) is 0 Å². The highest BCUT2D eigenvalue weighted by Crippen LogP contribution is 2.36. The second kappa shape index (κ2) is 7.27. The molecule has 0 saturated carbocycles. The first-order valence-electron chi connectivity index (χ1n) is 8.63. The van der Waals surface area contributed by atoms with E-state index in [-0.39, 0.29) is 16.3 Å². The summed E-state index contributed by atoms with van der Waals surface area (Å²) < 4.78 is 0.698. The fourth-order valence-electron chi connectivity index (χ4n) is 3.28. The number of carboxylic acid groups (broad SMARTS) is 1. The van der Waals surface area contributed by atoms with Gasteiger partial charge in [-0.25, -0.2) is 9.78 Å². The Balaban J connectivity index is 1.72. The van der Waals surface area contributed by atoms with Crippen molar-refractivity contribution in [2.75, 3.05) is 23.3 Å². The first-order chi connectivity index (χ1) is 13.3. The number of H-pyrrole nitrogens is 1. The number of thiazole rings is 1. The molecule has 1 aromatic carbocycles. The number of nitrogens with zero attached hydrogens (tertiary/aromatic N) is 2. The maximum Gasteiger partial charge on any atom is 0.335 e. The van der Waals surface area contributed by atoms with Gasteiger partial charge in [-0.05, 0) is 31.9 Å². The molecule has 4 rings (SSSR count). The van der Waals surface area contributed by atoms with Gasteiger partial charge in [0.25, 0.3) is 5.91 Å². The fraction of sp³-hybridized carbons (Fsp3) is 0.278. The summed E-state index contributed by atoms with van der Waals surface area (Å²) >= 11 is 13.4. The van der Waals surface area contributed by atoms with E-state index in [2.05, 4.69) is 20.2 Å². The van der Waals surface area contributed by atoms with Crippen LogP contribution in [0.5, 0.6) is 0 Å². The maximum atomic E-state index is 12.6. The summed E-state index contributed by atoms with van der Waals surface area (Å²) in [5, 5.41) is 13.0. The van der Waals surface area contributed by atoms with Crippen LogP contribution in [0.3, 0.4) is 0 Å². The molecular weight excluding hydrogens is 423 g/mol. The van der Waals surface area contributed by atoms with E-state index < -0.39 is 11.9 Å². The lowest BCUT2D eigenvalue weighted by atomic mass is 10.1. The van der Waals surface area contributed by atoms with Crippen molar-refractivity contribution in [3.63, 3.8) is 0 Å². The summed E-state index contributed by atoms with van der Waals surface area (Å²) in [5.41, 5.74) is 2.42. The molecule has 0 atom stereocenters. The van der Waals surface area contributed by atoms with Crippen LogP contribution in [0.2, 0.25) is 10.0 Å². The molecular formula is C18H16Cl2N4O3S. The molecule has 0 bridgehead atoms. The highest BCUT2D eigenvalue weighted by molar-refractivity contribution is 7.22. The Kier molecular flexibility index (Phi) is 4.95. The summed E-state index contributed by atoms with van der Waals surface area (Å²) in [7, 11) is 0. The van der Waals surface area contributed by atoms with Crippen LogP contribution in [-0.2, 0) is 0 Å². The van der Waals surface area contributed by atoms with Crippen LogP contribution in [0.1, 0.15) is 39.4 Å². The van der Waals surface area contributed by atoms with Crippen LogP contribution >= 0.6 is 34.5 Å². The fourth-order valence-corrected chi connectivity index (χ4v) is 4.61. The van der Waals surface area contributed by atoms with Crippen molar-refractivity contribution in [3.05, 3.63) is 39.1 Å². The summed E-state index contributed by atoms with van der Waals surface area (Å²) in [6, 6.07) is 3.22. The van der Waals surface area contributed by atoms with E-state index in [4.69, 9.17) is 23.2 Å². The van der Waals surface area contributed by atoms with E-state index in [1.165, 1.54) is 11.3 Å². The number of aryl methyl sites for hydroxylation is 1. The number of nitrogens with one attached hydrogen (secondary N) is 2. The minimum Gasteiger partial charge on any atom is -0.478 e. The maximum absolute atomic E-state index is 12.6. The minimum absolute atomic E-state index is 0.156. The number of fused-ring (bicyclic) bond motifs is 1. The Labute approximate surface area is 174 Å². The number of aromatic carboxylic acids is 1. The van der Waals surface area contributed by atoms with E-state index in [1.807, 2.05) is 0 Å². The van der Waals surface area contributed by atoms with E-state index in [0.717, 1.165) is 31.6 Å². The largest absolute Gasteiger partial charge is 0.478 e. The van der Waals surface area contributed by atoms with Gasteiger partial charge in [0.2, 0.25) is 0 Å². The number of benzene rings is 1. The van der Waals surface area contributed by atoms with Crippen LogP contribution < -0.4 is 10.2 Å². The molecule has 1 saturated heterocycles. The number of aromatic nitrogens is 2. The average molecular weight is 439 g/mol. The molecule has 3 aromatic rings. The zero-order valence-electron chi connectivity index (χ0n) is 14.8. The lowest BCUT2D eigenvalue weighted by molar-refractivity contribution is 0.0697. The van der Waals surface area contributed by atoms with Crippen molar-refractivity contribution < 1.29 is 14.7 Å². The Morgan fingerprint density at radius 1 is 1.25 bits per heavy atom. The summed E-state index contributed by atoms with van der Waals surface area (Å²) in [5.74, 6) is -1.45. The first-order valence-corrected chi connectivity index (χ1v) is 10.2. The van der Waals surface area contributed by atoms with Crippen LogP contribution in [0.25, 0.3) is 10.2 Å². The van der Waals surface area contributed by atoms with Gasteiger partial charge in [-0.1, -0.05) is 34.5 Å². The predicted octanol–water partition coefficient (Wildman–Crippen LogP) is 4.79. The van der Waals surface area contributed by atoms with Gasteiger partial charge < -0.3 is 15.0 Å². The number of carboxylic acids is 1. The highest BCUT2D eigenvalue weighted by Gasteiger charge is 2.22. The van der Waals surface area contributed by atoms with Crippen molar-refractivity contribution in [2.45, 2.75) is 19.8 Å². The van der Waals surface area contributed by atoms with Gasteiger partial charge >= 0.3 is 5.97 Å². The topological polar surface area (TPSA) is 98.3 Å². The molecule has 0 aliphatic carbocycles. The molecule has 3 heterocycles. The van der Waals surface area contributed by atoms with Gasteiger partial charge in [-0.15, -0.1) is 0 Å². The van der Waals surface area contributed by atoms with Crippen molar-refractivity contribution in [2.24, 2.45) is 0 Å². The Morgan fingerprint density at radius 3 is 2.57 bits per heavy atom. The monoisotopic (exact) mass is 438 g/mol. The molecule has 1 aliphatic rings. The van der Waals surface area contributed by atoms with E-state index in [0.29, 0.717) is 26.1 Å². The molecule has 10 heteroatoms. The minimum atomic E-state index is -0.996. The van der Waals surface area contributed by atoms with Crippen LogP contribution in [0.15, 0.2) is 12.1 Å². The van der Waals surface area contributed by atoms with Crippen molar-refractivity contribution in [1.82, 2.24) is 9.97 Å². The summed E-state index contributed by atoms with van der Waals surface area (Å²) in [6.07, 6.45) is 2.11. The quantitative estimate of drug-likeness (QED) is 0.543. The Bertz CT molecular complexity index is 1100. The molecule has 1 fully saturated rings. The Hall–Kier alpha value is -2.29. The smallest absolute Gasteiger partial charge is 0.335 e. The lowest BCUT2D eigenvalue weighted by Crippen LogP contribution is -2.18. The Morgan fingerprint density at radius 2 is 1.96 bits per heavy atom. The second-order valence-electron chi connectivity index (χ2n) is 6.57. The summed E-state index contributed by atoms with van der Waals surface area (Å²) in [4.78, 5) is 33.6. The van der Waals surface area contributed by atoms with Crippen molar-refractivity contribution in [3.8, 4) is 0 Å². The van der Waals surface area contributed by atoms with Gasteiger partial charge in [-0.3, -0.25) is 10.1 Å². The van der Waals surface area contributed by atoms with Gasteiger partial charge in [0.05, 0.1) is 26.0 Å². The zero-order valence-corrected chi connectivity index (χ0v) is 17.1. The number of aromatic amines is 1. The van der Waals surface area contributed by atoms with Crippen molar-refractivity contribution >= 4 is 67.5 Å². The van der Waals surface area contributed by atoms with E-state index >= 15 is 0 Å². The molecule has 0 radical (unpaired) electrons. The molecule has 146 valence electrons. The number of halogens is 2. The van der Waals surface area contributed by atoms with Crippen LogP contribution in [-0.4, -0.2) is 40.0 Å². The average Bonchev–Trinajstić information content (AvgIpc) is 3.37. The zero-order chi connectivity index (χ0) is 20.0. The third kappa shape index (κ3) is 3.32. The molecule has 2 aromatic heterocycles. The number of carbonyl (C=O) groups excluding carboxylic acids is 1. The molecule has 1 amide bonds. The standard InChI is InChI=1S/C18H16Cl2N4O3S/c1-8-12(19)13(20)15(21-8)16(25)23-18-22-14-10(24-4-2-3-5-24)6-9(17(26)27)7-11(14)28-18/h6-7,21H,2-5H2,1H3,(H,26,27)(H,22,23,25). The van der Waals surface area contributed by atoms with E-state index in [1.54, 1.807) is 19.1 Å². The molecule has 1 aliphatic heterocycles. The van der Waals surface area contributed by atoms with E-state index in [9.17, 15) is 14.7 Å². The highest BCUT2D eigenvalue weighted by atomic mass is 35.5. The number of amides is 1. The number of anilines is 2. The van der Waals surface area contributed by atoms with Gasteiger partial charge in [0.1, 0.15) is 11.2 Å². The van der Waals surface area contributed by atoms with Gasteiger partial charge in [0.15, 0.2) is 5.13 Å².